The monoisotopic (exact) mass is 380 g/mol. The number of hydrogen-bond donors (Lipinski definition) is 2. The topological polar surface area (TPSA) is 67.4 Å². The number of hydrogen-bond acceptors (Lipinski definition) is 3. The van der Waals surface area contributed by atoms with Gasteiger partial charge in [-0.2, -0.15) is 13.2 Å². The number of carbonyl (C=O) groups excluding carboxylic acids is 2. The molecule has 144 valence electrons. The molecule has 0 bridgehead atoms. The summed E-state index contributed by atoms with van der Waals surface area (Å²) in [6.07, 6.45) is -4.28. The van der Waals surface area contributed by atoms with Crippen molar-refractivity contribution in [3.8, 4) is 5.75 Å². The molecule has 2 amide bonds. The maximum absolute atomic E-state index is 12.3. The standard InChI is InChI=1S/C19H19F3N2O3/c1-27-15-7-4-5-13(11-15)9-10-17(25)24-16-8-3-2-6-14(16)12-23-18(26)19(20,21)22/h2-8,11H,9-10,12H2,1H3,(H,23,26)(H,24,25). The van der Waals surface area contributed by atoms with Crippen molar-refractivity contribution in [2.24, 2.45) is 0 Å². The van der Waals surface area contributed by atoms with Crippen molar-refractivity contribution >= 4 is 17.5 Å². The molecule has 0 saturated heterocycles. The minimum absolute atomic E-state index is 0.191. The predicted molar refractivity (Wildman–Crippen MR) is 94.3 cm³/mol. The fourth-order valence-corrected chi connectivity index (χ4v) is 2.37. The smallest absolute Gasteiger partial charge is 0.471 e. The number of rotatable bonds is 7. The Morgan fingerprint density at radius 2 is 1.81 bits per heavy atom. The molecule has 27 heavy (non-hydrogen) atoms. The Morgan fingerprint density at radius 3 is 2.52 bits per heavy atom. The minimum Gasteiger partial charge on any atom is -0.497 e. The van der Waals surface area contributed by atoms with Crippen molar-refractivity contribution in [1.82, 2.24) is 5.32 Å². The molecule has 0 heterocycles. The van der Waals surface area contributed by atoms with Crippen LogP contribution in [0.15, 0.2) is 48.5 Å². The normalized spacial score (nSPS) is 11.0. The number of carbonyl (C=O) groups is 2. The molecule has 0 unspecified atom stereocenters. The Labute approximate surface area is 154 Å². The van der Waals surface area contributed by atoms with E-state index < -0.39 is 12.1 Å². The zero-order valence-electron chi connectivity index (χ0n) is 14.6. The SMILES string of the molecule is COc1cccc(CCC(=O)Nc2ccccc2CNC(=O)C(F)(F)F)c1. The summed E-state index contributed by atoms with van der Waals surface area (Å²) in [6, 6.07) is 13.7. The van der Waals surface area contributed by atoms with E-state index in [2.05, 4.69) is 5.32 Å². The number of ether oxygens (including phenoxy) is 1. The van der Waals surface area contributed by atoms with E-state index in [1.807, 2.05) is 18.2 Å². The zero-order chi connectivity index (χ0) is 19.9. The largest absolute Gasteiger partial charge is 0.497 e. The quantitative estimate of drug-likeness (QED) is 0.773. The minimum atomic E-state index is -4.95. The van der Waals surface area contributed by atoms with Crippen LogP contribution in [-0.2, 0) is 22.6 Å². The van der Waals surface area contributed by atoms with E-state index in [4.69, 9.17) is 4.74 Å². The highest BCUT2D eigenvalue weighted by Crippen LogP contribution is 2.19. The van der Waals surface area contributed by atoms with Crippen molar-refractivity contribution in [2.45, 2.75) is 25.6 Å². The van der Waals surface area contributed by atoms with Crippen LogP contribution in [0.4, 0.5) is 18.9 Å². The highest BCUT2D eigenvalue weighted by molar-refractivity contribution is 5.91. The van der Waals surface area contributed by atoms with E-state index in [1.54, 1.807) is 36.7 Å². The first-order chi connectivity index (χ1) is 12.8. The first-order valence-corrected chi connectivity index (χ1v) is 8.15. The van der Waals surface area contributed by atoms with Gasteiger partial charge in [0, 0.05) is 18.7 Å². The number of aryl methyl sites for hydroxylation is 1. The molecule has 0 aliphatic carbocycles. The summed E-state index contributed by atoms with van der Waals surface area (Å²) in [5, 5.41) is 4.46. The Hall–Kier alpha value is -3.03. The third-order valence-corrected chi connectivity index (χ3v) is 3.76. The van der Waals surface area contributed by atoms with Crippen molar-refractivity contribution in [3.63, 3.8) is 0 Å². The molecule has 0 saturated carbocycles. The van der Waals surface area contributed by atoms with Crippen LogP contribution in [0.2, 0.25) is 0 Å². The molecule has 2 aromatic rings. The van der Waals surface area contributed by atoms with Gasteiger partial charge >= 0.3 is 12.1 Å². The van der Waals surface area contributed by atoms with Gasteiger partial charge in [-0.25, -0.2) is 0 Å². The fourth-order valence-electron chi connectivity index (χ4n) is 2.37. The predicted octanol–water partition coefficient (Wildman–Crippen LogP) is 3.45. The molecule has 5 nitrogen and oxygen atoms in total. The van der Waals surface area contributed by atoms with Gasteiger partial charge in [0.1, 0.15) is 5.75 Å². The molecule has 0 atom stereocenters. The lowest BCUT2D eigenvalue weighted by Gasteiger charge is -2.13. The van der Waals surface area contributed by atoms with E-state index in [9.17, 15) is 22.8 Å². The molecule has 0 aromatic heterocycles. The van der Waals surface area contributed by atoms with Crippen molar-refractivity contribution in [1.29, 1.82) is 0 Å². The van der Waals surface area contributed by atoms with Gasteiger partial charge in [0.25, 0.3) is 0 Å². The van der Waals surface area contributed by atoms with Crippen LogP contribution in [0.25, 0.3) is 0 Å². The van der Waals surface area contributed by atoms with Crippen LogP contribution in [0.1, 0.15) is 17.5 Å². The molecular weight excluding hydrogens is 361 g/mol. The van der Waals surface area contributed by atoms with E-state index >= 15 is 0 Å². The number of methoxy groups -OCH3 is 1. The van der Waals surface area contributed by atoms with Crippen molar-refractivity contribution in [2.75, 3.05) is 12.4 Å². The highest BCUT2D eigenvalue weighted by atomic mass is 19.4. The summed E-state index contributed by atoms with van der Waals surface area (Å²) in [6.45, 7) is -0.343. The second kappa shape index (κ2) is 9.07. The molecule has 2 N–H and O–H groups in total. The van der Waals surface area contributed by atoms with Gasteiger partial charge in [-0.3, -0.25) is 9.59 Å². The van der Waals surface area contributed by atoms with Crippen LogP contribution in [0, 0.1) is 0 Å². The summed E-state index contributed by atoms with van der Waals surface area (Å²) in [7, 11) is 1.56. The molecule has 0 fully saturated rings. The summed E-state index contributed by atoms with van der Waals surface area (Å²) in [5.74, 6) is -1.62. The number of benzene rings is 2. The van der Waals surface area contributed by atoms with Crippen LogP contribution in [0.3, 0.4) is 0 Å². The molecule has 0 spiro atoms. The first-order valence-electron chi connectivity index (χ1n) is 8.15. The Balaban J connectivity index is 1.94. The molecule has 8 heteroatoms. The Bertz CT molecular complexity index is 807. The van der Waals surface area contributed by atoms with Crippen LogP contribution >= 0.6 is 0 Å². The van der Waals surface area contributed by atoms with Gasteiger partial charge < -0.3 is 15.4 Å². The van der Waals surface area contributed by atoms with Crippen LogP contribution < -0.4 is 15.4 Å². The number of alkyl halides is 3. The maximum atomic E-state index is 12.3. The van der Waals surface area contributed by atoms with E-state index in [0.29, 0.717) is 23.4 Å². The van der Waals surface area contributed by atoms with E-state index in [0.717, 1.165) is 5.56 Å². The Morgan fingerprint density at radius 1 is 1.07 bits per heavy atom. The van der Waals surface area contributed by atoms with Crippen LogP contribution in [-0.4, -0.2) is 25.1 Å². The third kappa shape index (κ3) is 6.32. The van der Waals surface area contributed by atoms with Gasteiger partial charge in [0.05, 0.1) is 7.11 Å². The third-order valence-electron chi connectivity index (χ3n) is 3.76. The summed E-state index contributed by atoms with van der Waals surface area (Å²) >= 11 is 0. The Kier molecular flexibility index (Phi) is 6.81. The molecular formula is C19H19F3N2O3. The van der Waals surface area contributed by atoms with Gasteiger partial charge in [-0.1, -0.05) is 30.3 Å². The lowest BCUT2D eigenvalue weighted by atomic mass is 10.1. The van der Waals surface area contributed by atoms with Gasteiger partial charge in [-0.15, -0.1) is 0 Å². The summed E-state index contributed by atoms with van der Waals surface area (Å²) in [5.41, 5.74) is 1.66. The lowest BCUT2D eigenvalue weighted by molar-refractivity contribution is -0.173. The van der Waals surface area contributed by atoms with E-state index in [-0.39, 0.29) is 18.9 Å². The van der Waals surface area contributed by atoms with Crippen LogP contribution in [0.5, 0.6) is 5.75 Å². The maximum Gasteiger partial charge on any atom is 0.471 e. The summed E-state index contributed by atoms with van der Waals surface area (Å²) < 4.78 is 42.0. The number of para-hydroxylation sites is 1. The fraction of sp³-hybridized carbons (Fsp3) is 0.263. The summed E-state index contributed by atoms with van der Waals surface area (Å²) in [4.78, 5) is 23.1. The lowest BCUT2D eigenvalue weighted by Crippen LogP contribution is -2.36. The highest BCUT2D eigenvalue weighted by Gasteiger charge is 2.38. The van der Waals surface area contributed by atoms with Gasteiger partial charge in [0.2, 0.25) is 5.91 Å². The zero-order valence-corrected chi connectivity index (χ0v) is 14.6. The molecule has 0 radical (unpaired) electrons. The van der Waals surface area contributed by atoms with Crippen molar-refractivity contribution in [3.05, 3.63) is 59.7 Å². The number of halogens is 3. The first kappa shape index (κ1) is 20.3. The molecule has 2 rings (SSSR count). The second-order valence-electron chi connectivity index (χ2n) is 5.74. The molecule has 2 aromatic carbocycles. The molecule has 0 aliphatic rings. The van der Waals surface area contributed by atoms with Gasteiger partial charge in [0.15, 0.2) is 0 Å². The average molecular weight is 380 g/mol. The number of amides is 2. The second-order valence-corrected chi connectivity index (χ2v) is 5.74. The van der Waals surface area contributed by atoms with E-state index in [1.165, 1.54) is 6.07 Å². The van der Waals surface area contributed by atoms with Crippen molar-refractivity contribution < 1.29 is 27.5 Å². The number of anilines is 1. The van der Waals surface area contributed by atoms with Gasteiger partial charge in [-0.05, 0) is 35.7 Å². The molecule has 0 aliphatic heterocycles. The number of nitrogens with one attached hydrogen (secondary N) is 2. The average Bonchev–Trinajstić information content (AvgIpc) is 2.64.